The number of hydrogen-bond acceptors (Lipinski definition) is 2. The van der Waals surface area contributed by atoms with Crippen LogP contribution in [0.15, 0.2) is 63.6 Å². The van der Waals surface area contributed by atoms with E-state index in [2.05, 4.69) is 31.9 Å². The summed E-state index contributed by atoms with van der Waals surface area (Å²) in [6, 6.07) is 11.7. The molecular formula is C18H13Br2FO4. The molecule has 2 aromatic carbocycles. The lowest BCUT2D eigenvalue weighted by Gasteiger charge is -1.95. The number of hydrogen-bond donors (Lipinski definition) is 2. The van der Waals surface area contributed by atoms with Gasteiger partial charge in [0.15, 0.2) is 0 Å². The summed E-state index contributed by atoms with van der Waals surface area (Å²) >= 11 is 6.28. The van der Waals surface area contributed by atoms with Crippen LogP contribution in [0.1, 0.15) is 11.1 Å². The molecule has 2 rings (SSSR count). The molecule has 0 saturated carbocycles. The van der Waals surface area contributed by atoms with E-state index in [4.69, 9.17) is 10.2 Å². The van der Waals surface area contributed by atoms with Crippen LogP contribution in [0, 0.1) is 5.82 Å². The minimum absolute atomic E-state index is 0.319. The Bertz CT molecular complexity index is 799. The molecule has 0 fully saturated rings. The number of carboxylic acids is 2. The first kappa shape index (κ1) is 20.8. The van der Waals surface area contributed by atoms with Gasteiger partial charge in [0.1, 0.15) is 5.82 Å². The van der Waals surface area contributed by atoms with Gasteiger partial charge in [-0.3, -0.25) is 0 Å². The lowest BCUT2D eigenvalue weighted by Crippen LogP contribution is -1.86. The van der Waals surface area contributed by atoms with Gasteiger partial charge in [0.05, 0.1) is 4.47 Å². The fourth-order valence-corrected chi connectivity index (χ4v) is 2.19. The molecule has 0 aromatic heterocycles. The van der Waals surface area contributed by atoms with Crippen molar-refractivity contribution in [2.75, 3.05) is 0 Å². The first-order valence-electron chi connectivity index (χ1n) is 6.80. The summed E-state index contributed by atoms with van der Waals surface area (Å²) in [7, 11) is 0. The molecule has 2 aromatic rings. The average molecular weight is 472 g/mol. The van der Waals surface area contributed by atoms with Crippen LogP contribution in [-0.2, 0) is 9.59 Å². The zero-order valence-electron chi connectivity index (χ0n) is 12.7. The standard InChI is InChI=1S/C9H6BrFO2.C9H7BrO2/c10-7-5-6(1-3-8(7)11)2-4-9(12)13;10-8-4-1-7(2-5-8)3-6-9(11)12/h1-5H,(H,12,13);1-6H,(H,11,12). The van der Waals surface area contributed by atoms with E-state index >= 15 is 0 Å². The van der Waals surface area contributed by atoms with Crippen molar-refractivity contribution >= 4 is 56.0 Å². The Hall–Kier alpha value is -2.25. The van der Waals surface area contributed by atoms with Gasteiger partial charge in [0.25, 0.3) is 0 Å². The minimum atomic E-state index is -1.03. The second-order valence-corrected chi connectivity index (χ2v) is 6.34. The normalized spacial score (nSPS) is 10.5. The van der Waals surface area contributed by atoms with Crippen LogP contribution < -0.4 is 0 Å². The molecular weight excluding hydrogens is 459 g/mol. The number of carbonyl (C=O) groups is 2. The number of carboxylic acid groups (broad SMARTS) is 2. The van der Waals surface area contributed by atoms with Gasteiger partial charge in [-0.15, -0.1) is 0 Å². The fourth-order valence-electron chi connectivity index (χ4n) is 1.52. The number of aliphatic carboxylic acids is 2. The summed E-state index contributed by atoms with van der Waals surface area (Å²) in [6.07, 6.45) is 5.06. The van der Waals surface area contributed by atoms with E-state index in [1.54, 1.807) is 6.08 Å². The largest absolute Gasteiger partial charge is 0.478 e. The first-order valence-corrected chi connectivity index (χ1v) is 8.39. The molecule has 0 amide bonds. The maximum atomic E-state index is 12.7. The predicted molar refractivity (Wildman–Crippen MR) is 102 cm³/mol. The van der Waals surface area contributed by atoms with Gasteiger partial charge in [-0.05, 0) is 63.5 Å². The Morgan fingerprint density at radius 2 is 1.32 bits per heavy atom. The molecule has 0 bridgehead atoms. The van der Waals surface area contributed by atoms with Gasteiger partial charge in [0.2, 0.25) is 0 Å². The van der Waals surface area contributed by atoms with Gasteiger partial charge in [0, 0.05) is 16.6 Å². The summed E-state index contributed by atoms with van der Waals surface area (Å²) in [4.78, 5) is 20.3. The Balaban J connectivity index is 0.000000251. The third kappa shape index (κ3) is 8.97. The summed E-state index contributed by atoms with van der Waals surface area (Å²) < 4.78 is 14.0. The second kappa shape index (κ2) is 10.6. The Morgan fingerprint density at radius 3 is 1.80 bits per heavy atom. The van der Waals surface area contributed by atoms with Crippen LogP contribution in [0.25, 0.3) is 12.2 Å². The minimum Gasteiger partial charge on any atom is -0.478 e. The van der Waals surface area contributed by atoms with Crippen molar-refractivity contribution in [2.24, 2.45) is 0 Å². The van der Waals surface area contributed by atoms with Gasteiger partial charge in [-0.2, -0.15) is 0 Å². The van der Waals surface area contributed by atoms with Crippen LogP contribution >= 0.6 is 31.9 Å². The van der Waals surface area contributed by atoms with Crippen molar-refractivity contribution in [3.8, 4) is 0 Å². The van der Waals surface area contributed by atoms with Gasteiger partial charge in [-0.1, -0.05) is 34.1 Å². The molecule has 0 heterocycles. The lowest BCUT2D eigenvalue weighted by atomic mass is 10.2. The third-order valence-corrected chi connectivity index (χ3v) is 3.79. The lowest BCUT2D eigenvalue weighted by molar-refractivity contribution is -0.132. The van der Waals surface area contributed by atoms with Gasteiger partial charge in [-0.25, -0.2) is 14.0 Å². The highest BCUT2D eigenvalue weighted by Crippen LogP contribution is 2.17. The van der Waals surface area contributed by atoms with Gasteiger partial charge >= 0.3 is 11.9 Å². The van der Waals surface area contributed by atoms with Crippen molar-refractivity contribution in [1.29, 1.82) is 0 Å². The van der Waals surface area contributed by atoms with Crippen molar-refractivity contribution in [3.05, 3.63) is 80.5 Å². The highest BCUT2D eigenvalue weighted by molar-refractivity contribution is 9.10. The zero-order valence-corrected chi connectivity index (χ0v) is 15.9. The number of benzene rings is 2. The van der Waals surface area contributed by atoms with E-state index in [0.29, 0.717) is 10.0 Å². The number of halogens is 3. The molecule has 0 unspecified atom stereocenters. The fraction of sp³-hybridized carbons (Fsp3) is 0. The van der Waals surface area contributed by atoms with Crippen molar-refractivity contribution < 1.29 is 24.2 Å². The SMILES string of the molecule is O=C(O)C=Cc1ccc(Br)cc1.O=C(O)C=Cc1ccc(F)c(Br)c1. The Morgan fingerprint density at radius 1 is 0.840 bits per heavy atom. The monoisotopic (exact) mass is 470 g/mol. The van der Waals surface area contributed by atoms with Crippen LogP contribution in [0.4, 0.5) is 4.39 Å². The van der Waals surface area contributed by atoms with E-state index in [1.165, 1.54) is 24.3 Å². The Labute approximate surface area is 160 Å². The van der Waals surface area contributed by atoms with Crippen LogP contribution in [0.5, 0.6) is 0 Å². The van der Waals surface area contributed by atoms with Crippen LogP contribution in [-0.4, -0.2) is 22.2 Å². The zero-order chi connectivity index (χ0) is 18.8. The molecule has 130 valence electrons. The van der Waals surface area contributed by atoms with E-state index < -0.39 is 11.9 Å². The van der Waals surface area contributed by atoms with Crippen LogP contribution in [0.2, 0.25) is 0 Å². The van der Waals surface area contributed by atoms with E-state index in [9.17, 15) is 14.0 Å². The second-order valence-electron chi connectivity index (χ2n) is 4.57. The molecule has 2 N–H and O–H groups in total. The summed E-state index contributed by atoms with van der Waals surface area (Å²) in [5.74, 6) is -2.33. The quantitative estimate of drug-likeness (QED) is 0.598. The molecule has 0 aliphatic heterocycles. The average Bonchev–Trinajstić information content (AvgIpc) is 2.56. The van der Waals surface area contributed by atoms with E-state index in [0.717, 1.165) is 22.2 Å². The first-order chi connectivity index (χ1) is 11.8. The van der Waals surface area contributed by atoms with Crippen molar-refractivity contribution in [2.45, 2.75) is 0 Å². The van der Waals surface area contributed by atoms with Crippen molar-refractivity contribution in [3.63, 3.8) is 0 Å². The molecule has 0 radical (unpaired) electrons. The maximum Gasteiger partial charge on any atom is 0.328 e. The molecule has 0 aliphatic carbocycles. The summed E-state index contributed by atoms with van der Waals surface area (Å²) in [6.45, 7) is 0. The van der Waals surface area contributed by atoms with E-state index in [-0.39, 0.29) is 5.82 Å². The molecule has 0 aliphatic rings. The summed E-state index contributed by atoms with van der Waals surface area (Å²) in [5.41, 5.74) is 1.51. The topological polar surface area (TPSA) is 74.6 Å². The molecule has 7 heteroatoms. The van der Waals surface area contributed by atoms with Crippen molar-refractivity contribution in [1.82, 2.24) is 0 Å². The molecule has 25 heavy (non-hydrogen) atoms. The summed E-state index contributed by atoms with van der Waals surface area (Å²) in [5, 5.41) is 16.7. The molecule has 0 saturated heterocycles. The third-order valence-electron chi connectivity index (χ3n) is 2.65. The predicted octanol–water partition coefficient (Wildman–Crippen LogP) is 5.23. The molecule has 0 atom stereocenters. The van der Waals surface area contributed by atoms with Crippen LogP contribution in [0.3, 0.4) is 0 Å². The molecule has 0 spiro atoms. The highest BCUT2D eigenvalue weighted by Gasteiger charge is 1.98. The smallest absolute Gasteiger partial charge is 0.328 e. The Kier molecular flexibility index (Phi) is 8.80. The molecule has 4 nitrogen and oxygen atoms in total. The highest BCUT2D eigenvalue weighted by atomic mass is 79.9. The van der Waals surface area contributed by atoms with Gasteiger partial charge < -0.3 is 10.2 Å². The maximum absolute atomic E-state index is 12.7. The number of rotatable bonds is 4. The van der Waals surface area contributed by atoms with E-state index in [1.807, 2.05) is 24.3 Å².